The normalized spacial score (nSPS) is 13.2. The predicted octanol–water partition coefficient (Wildman–Crippen LogP) is 4.69. The highest BCUT2D eigenvalue weighted by molar-refractivity contribution is 5.88. The fourth-order valence-corrected chi connectivity index (χ4v) is 4.38. The van der Waals surface area contributed by atoms with Gasteiger partial charge in [0.15, 0.2) is 11.5 Å². The third-order valence-electron chi connectivity index (χ3n) is 6.23. The van der Waals surface area contributed by atoms with Crippen LogP contribution in [0.4, 0.5) is 4.39 Å². The molecule has 3 aromatic rings. The first-order chi connectivity index (χ1) is 17.9. The molecule has 0 bridgehead atoms. The molecule has 0 saturated carbocycles. The van der Waals surface area contributed by atoms with Crippen LogP contribution < -0.4 is 14.8 Å². The lowest BCUT2D eigenvalue weighted by Crippen LogP contribution is -2.52. The number of aryl methyl sites for hydroxylation is 1. The summed E-state index contributed by atoms with van der Waals surface area (Å²) in [5.41, 5.74) is 2.21. The lowest BCUT2D eigenvalue weighted by molar-refractivity contribution is -0.141. The van der Waals surface area contributed by atoms with Crippen LogP contribution in [0.3, 0.4) is 0 Å². The molecule has 194 valence electrons. The van der Waals surface area contributed by atoms with E-state index in [1.807, 2.05) is 62.4 Å². The molecule has 0 aromatic heterocycles. The quantitative estimate of drug-likeness (QED) is 0.435. The van der Waals surface area contributed by atoms with E-state index in [1.165, 1.54) is 11.0 Å². The van der Waals surface area contributed by atoms with Gasteiger partial charge in [-0.2, -0.15) is 0 Å². The average molecular weight is 505 g/mol. The molecule has 0 unspecified atom stereocenters. The SMILES string of the molecule is CC(C)NC(=O)[C@H](Cc1ccccc1)N(Cc1ccccc1F)C(=O)CCc1ccc2c(c1)OCCO2. The van der Waals surface area contributed by atoms with Crippen LogP contribution in [0, 0.1) is 5.82 Å². The molecule has 1 aliphatic heterocycles. The smallest absolute Gasteiger partial charge is 0.243 e. The summed E-state index contributed by atoms with van der Waals surface area (Å²) in [4.78, 5) is 28.6. The number of carbonyl (C=O) groups excluding carboxylic acids is 2. The zero-order valence-corrected chi connectivity index (χ0v) is 21.3. The number of benzene rings is 3. The summed E-state index contributed by atoms with van der Waals surface area (Å²) >= 11 is 0. The number of ether oxygens (including phenoxy) is 2. The Labute approximate surface area is 217 Å². The maximum Gasteiger partial charge on any atom is 0.243 e. The van der Waals surface area contributed by atoms with Crippen LogP contribution in [0.25, 0.3) is 0 Å². The number of rotatable bonds is 10. The highest BCUT2D eigenvalue weighted by atomic mass is 19.1. The zero-order valence-electron chi connectivity index (χ0n) is 21.3. The van der Waals surface area contributed by atoms with Gasteiger partial charge in [-0.25, -0.2) is 4.39 Å². The summed E-state index contributed by atoms with van der Waals surface area (Å²) in [6, 6.07) is 20.7. The Bertz CT molecular complexity index is 1220. The van der Waals surface area contributed by atoms with Crippen molar-refractivity contribution in [2.24, 2.45) is 0 Å². The van der Waals surface area contributed by atoms with Crippen molar-refractivity contribution in [2.45, 2.75) is 51.7 Å². The highest BCUT2D eigenvalue weighted by Crippen LogP contribution is 2.31. The summed E-state index contributed by atoms with van der Waals surface area (Å²) < 4.78 is 25.9. The molecular weight excluding hydrogens is 471 g/mol. The van der Waals surface area contributed by atoms with Gasteiger partial charge in [0.2, 0.25) is 11.8 Å². The van der Waals surface area contributed by atoms with Crippen molar-refractivity contribution < 1.29 is 23.5 Å². The molecule has 1 atom stereocenters. The lowest BCUT2D eigenvalue weighted by Gasteiger charge is -2.32. The van der Waals surface area contributed by atoms with Crippen LogP contribution in [0.15, 0.2) is 72.8 Å². The van der Waals surface area contributed by atoms with Crippen LogP contribution in [-0.2, 0) is 29.0 Å². The molecule has 1 aliphatic rings. The van der Waals surface area contributed by atoms with E-state index >= 15 is 0 Å². The molecule has 1 N–H and O–H groups in total. The molecule has 2 amide bonds. The van der Waals surface area contributed by atoms with E-state index in [9.17, 15) is 14.0 Å². The molecule has 0 radical (unpaired) electrons. The van der Waals surface area contributed by atoms with Crippen LogP contribution >= 0.6 is 0 Å². The van der Waals surface area contributed by atoms with Gasteiger partial charge in [0.1, 0.15) is 25.1 Å². The van der Waals surface area contributed by atoms with Crippen molar-refractivity contribution in [3.63, 3.8) is 0 Å². The Morgan fingerprint density at radius 1 is 0.919 bits per heavy atom. The van der Waals surface area contributed by atoms with Gasteiger partial charge in [-0.3, -0.25) is 9.59 Å². The second kappa shape index (κ2) is 12.4. The van der Waals surface area contributed by atoms with E-state index in [4.69, 9.17) is 9.47 Å². The van der Waals surface area contributed by atoms with Crippen molar-refractivity contribution in [3.05, 3.63) is 95.3 Å². The number of fused-ring (bicyclic) bond motifs is 1. The van der Waals surface area contributed by atoms with Crippen LogP contribution in [0.1, 0.15) is 37.0 Å². The van der Waals surface area contributed by atoms with E-state index < -0.39 is 11.9 Å². The van der Waals surface area contributed by atoms with Crippen molar-refractivity contribution in [2.75, 3.05) is 13.2 Å². The van der Waals surface area contributed by atoms with Crippen molar-refractivity contribution >= 4 is 11.8 Å². The van der Waals surface area contributed by atoms with Crippen LogP contribution in [-0.4, -0.2) is 42.0 Å². The molecule has 4 rings (SSSR count). The Morgan fingerprint density at radius 2 is 1.62 bits per heavy atom. The number of amides is 2. The van der Waals surface area contributed by atoms with E-state index in [0.29, 0.717) is 43.1 Å². The van der Waals surface area contributed by atoms with Gasteiger partial charge in [0.25, 0.3) is 0 Å². The summed E-state index contributed by atoms with van der Waals surface area (Å²) in [6.07, 6.45) is 0.936. The molecular formula is C30H33FN2O4. The number of nitrogens with zero attached hydrogens (tertiary/aromatic N) is 1. The van der Waals surface area contributed by atoms with Gasteiger partial charge >= 0.3 is 0 Å². The zero-order chi connectivity index (χ0) is 26.2. The number of hydrogen-bond acceptors (Lipinski definition) is 4. The summed E-state index contributed by atoms with van der Waals surface area (Å²) in [7, 11) is 0. The van der Waals surface area contributed by atoms with E-state index in [1.54, 1.807) is 18.2 Å². The van der Waals surface area contributed by atoms with Gasteiger partial charge in [-0.1, -0.05) is 54.6 Å². The van der Waals surface area contributed by atoms with Gasteiger partial charge in [-0.15, -0.1) is 0 Å². The highest BCUT2D eigenvalue weighted by Gasteiger charge is 2.31. The maximum atomic E-state index is 14.7. The summed E-state index contributed by atoms with van der Waals surface area (Å²) in [5, 5.41) is 2.95. The third kappa shape index (κ3) is 7.09. The monoisotopic (exact) mass is 504 g/mol. The molecule has 0 saturated heterocycles. The molecule has 0 spiro atoms. The maximum absolute atomic E-state index is 14.7. The second-order valence-corrected chi connectivity index (χ2v) is 9.46. The second-order valence-electron chi connectivity index (χ2n) is 9.46. The van der Waals surface area contributed by atoms with Crippen LogP contribution in [0.2, 0.25) is 0 Å². The van der Waals surface area contributed by atoms with Gasteiger partial charge in [-0.05, 0) is 49.6 Å². The van der Waals surface area contributed by atoms with Crippen molar-refractivity contribution in [1.82, 2.24) is 10.2 Å². The molecule has 0 fully saturated rings. The number of hydrogen-bond donors (Lipinski definition) is 1. The summed E-state index contributed by atoms with van der Waals surface area (Å²) in [5.74, 6) is 0.462. The molecule has 0 aliphatic carbocycles. The largest absolute Gasteiger partial charge is 0.486 e. The van der Waals surface area contributed by atoms with Gasteiger partial charge in [0, 0.05) is 31.0 Å². The number of carbonyl (C=O) groups is 2. The minimum absolute atomic E-state index is 0.00430. The number of nitrogens with one attached hydrogen (secondary N) is 1. The van der Waals surface area contributed by atoms with Crippen molar-refractivity contribution in [3.8, 4) is 11.5 Å². The third-order valence-corrected chi connectivity index (χ3v) is 6.23. The standard InChI is InChI=1S/C30H33FN2O4/c1-21(2)32-30(35)26(18-22-8-4-3-5-9-22)33(20-24-10-6-7-11-25(24)31)29(34)15-13-23-12-14-27-28(19-23)37-17-16-36-27/h3-12,14,19,21,26H,13,15-18,20H2,1-2H3,(H,32,35)/t26-/m0/s1. The fourth-order valence-electron chi connectivity index (χ4n) is 4.38. The van der Waals surface area contributed by atoms with Gasteiger partial charge < -0.3 is 19.7 Å². The van der Waals surface area contributed by atoms with Crippen LogP contribution in [0.5, 0.6) is 11.5 Å². The molecule has 7 heteroatoms. The average Bonchev–Trinajstić information content (AvgIpc) is 2.90. The van der Waals surface area contributed by atoms with Crippen molar-refractivity contribution in [1.29, 1.82) is 0 Å². The van der Waals surface area contributed by atoms with E-state index in [0.717, 1.165) is 11.1 Å². The minimum atomic E-state index is -0.794. The van der Waals surface area contributed by atoms with E-state index in [-0.39, 0.29) is 30.8 Å². The molecule has 1 heterocycles. The Balaban J connectivity index is 1.60. The Hall–Kier alpha value is -3.87. The first-order valence-electron chi connectivity index (χ1n) is 12.7. The Morgan fingerprint density at radius 3 is 2.35 bits per heavy atom. The fraction of sp³-hybridized carbons (Fsp3) is 0.333. The molecule has 37 heavy (non-hydrogen) atoms. The number of halogens is 1. The minimum Gasteiger partial charge on any atom is -0.486 e. The van der Waals surface area contributed by atoms with Gasteiger partial charge in [0.05, 0.1) is 0 Å². The Kier molecular flexibility index (Phi) is 8.77. The molecule has 6 nitrogen and oxygen atoms in total. The summed E-state index contributed by atoms with van der Waals surface area (Å²) in [6.45, 7) is 4.75. The predicted molar refractivity (Wildman–Crippen MR) is 140 cm³/mol. The first-order valence-corrected chi connectivity index (χ1v) is 12.7. The first kappa shape index (κ1) is 26.2. The van der Waals surface area contributed by atoms with E-state index in [2.05, 4.69) is 5.32 Å². The topological polar surface area (TPSA) is 67.9 Å². The molecule has 3 aromatic carbocycles. The lowest BCUT2D eigenvalue weighted by atomic mass is 10.0.